The molecule has 0 bridgehead atoms. The van der Waals surface area contributed by atoms with Gasteiger partial charge in [0.15, 0.2) is 0 Å². The van der Waals surface area contributed by atoms with Crippen molar-refractivity contribution in [3.05, 3.63) is 57.8 Å². The van der Waals surface area contributed by atoms with Crippen LogP contribution in [0.15, 0.2) is 40.9 Å². The SMILES string of the molecule is Cc1cc(O)ccc1C(=O)Nc1ccc(Br)c(F)c1. The van der Waals surface area contributed by atoms with E-state index in [1.54, 1.807) is 13.0 Å². The fourth-order valence-electron chi connectivity index (χ4n) is 1.67. The molecule has 98 valence electrons. The van der Waals surface area contributed by atoms with Gasteiger partial charge in [-0.15, -0.1) is 0 Å². The predicted octanol–water partition coefficient (Wildman–Crippen LogP) is 3.85. The van der Waals surface area contributed by atoms with Gasteiger partial charge >= 0.3 is 0 Å². The number of phenolic OH excluding ortho intramolecular Hbond substituents is 1. The number of nitrogens with one attached hydrogen (secondary N) is 1. The van der Waals surface area contributed by atoms with Crippen LogP contribution < -0.4 is 5.32 Å². The minimum Gasteiger partial charge on any atom is -0.508 e. The predicted molar refractivity (Wildman–Crippen MR) is 74.9 cm³/mol. The highest BCUT2D eigenvalue weighted by atomic mass is 79.9. The molecule has 1 amide bonds. The Morgan fingerprint density at radius 3 is 2.63 bits per heavy atom. The number of aromatic hydroxyl groups is 1. The van der Waals surface area contributed by atoms with E-state index in [4.69, 9.17) is 0 Å². The van der Waals surface area contributed by atoms with Gasteiger partial charge in [0, 0.05) is 11.3 Å². The van der Waals surface area contributed by atoms with Crippen molar-refractivity contribution in [1.82, 2.24) is 0 Å². The van der Waals surface area contributed by atoms with Gasteiger partial charge < -0.3 is 10.4 Å². The van der Waals surface area contributed by atoms with Crippen LogP contribution in [-0.4, -0.2) is 11.0 Å². The summed E-state index contributed by atoms with van der Waals surface area (Å²) in [6.45, 7) is 1.72. The van der Waals surface area contributed by atoms with E-state index in [-0.39, 0.29) is 11.7 Å². The Bertz CT molecular complexity index is 643. The van der Waals surface area contributed by atoms with Gasteiger partial charge in [-0.2, -0.15) is 0 Å². The molecule has 19 heavy (non-hydrogen) atoms. The van der Waals surface area contributed by atoms with Crippen molar-refractivity contribution in [2.75, 3.05) is 5.32 Å². The zero-order valence-electron chi connectivity index (χ0n) is 10.1. The molecule has 0 spiro atoms. The summed E-state index contributed by atoms with van der Waals surface area (Å²) in [6, 6.07) is 8.81. The molecule has 0 saturated carbocycles. The minimum absolute atomic E-state index is 0.101. The Hall–Kier alpha value is -1.88. The number of benzene rings is 2. The van der Waals surface area contributed by atoms with E-state index in [2.05, 4.69) is 21.2 Å². The summed E-state index contributed by atoms with van der Waals surface area (Å²) in [7, 11) is 0. The molecule has 0 aromatic heterocycles. The quantitative estimate of drug-likeness (QED) is 0.881. The number of hydrogen-bond donors (Lipinski definition) is 2. The number of carbonyl (C=O) groups excluding carboxylic acids is 1. The van der Waals surface area contributed by atoms with Crippen LogP contribution in [0.2, 0.25) is 0 Å². The van der Waals surface area contributed by atoms with E-state index in [9.17, 15) is 14.3 Å². The smallest absolute Gasteiger partial charge is 0.255 e. The lowest BCUT2D eigenvalue weighted by molar-refractivity contribution is 0.102. The van der Waals surface area contributed by atoms with Crippen LogP contribution in [0.4, 0.5) is 10.1 Å². The lowest BCUT2D eigenvalue weighted by atomic mass is 10.1. The Labute approximate surface area is 118 Å². The average Bonchev–Trinajstić information content (AvgIpc) is 2.33. The van der Waals surface area contributed by atoms with Gasteiger partial charge in [0.25, 0.3) is 5.91 Å². The third kappa shape index (κ3) is 3.12. The van der Waals surface area contributed by atoms with E-state index in [0.717, 1.165) is 0 Å². The maximum absolute atomic E-state index is 13.3. The monoisotopic (exact) mass is 323 g/mol. The number of phenols is 1. The van der Waals surface area contributed by atoms with Gasteiger partial charge in [-0.05, 0) is 64.8 Å². The second-order valence-corrected chi connectivity index (χ2v) is 4.94. The molecule has 0 aliphatic carbocycles. The fourth-order valence-corrected chi connectivity index (χ4v) is 1.92. The van der Waals surface area contributed by atoms with E-state index < -0.39 is 5.82 Å². The molecular weight excluding hydrogens is 313 g/mol. The van der Waals surface area contributed by atoms with Crippen LogP contribution in [0, 0.1) is 12.7 Å². The Kier molecular flexibility index (Phi) is 3.85. The number of carbonyl (C=O) groups is 1. The summed E-state index contributed by atoms with van der Waals surface area (Å²) in [4.78, 5) is 12.0. The third-order valence-corrected chi connectivity index (χ3v) is 3.28. The summed E-state index contributed by atoms with van der Waals surface area (Å²) in [5.41, 5.74) is 1.45. The number of hydrogen-bond acceptors (Lipinski definition) is 2. The molecule has 2 rings (SSSR count). The highest BCUT2D eigenvalue weighted by Crippen LogP contribution is 2.21. The molecule has 0 heterocycles. The molecule has 0 saturated heterocycles. The number of amides is 1. The van der Waals surface area contributed by atoms with Crippen LogP contribution in [0.25, 0.3) is 0 Å². The Morgan fingerprint density at radius 1 is 1.26 bits per heavy atom. The van der Waals surface area contributed by atoms with Crippen molar-refractivity contribution in [3.8, 4) is 5.75 Å². The topological polar surface area (TPSA) is 49.3 Å². The van der Waals surface area contributed by atoms with Crippen LogP contribution in [0.1, 0.15) is 15.9 Å². The third-order valence-electron chi connectivity index (χ3n) is 2.63. The van der Waals surface area contributed by atoms with Crippen LogP contribution in [-0.2, 0) is 0 Å². The van der Waals surface area contributed by atoms with Crippen LogP contribution in [0.3, 0.4) is 0 Å². The summed E-state index contributed by atoms with van der Waals surface area (Å²) in [5.74, 6) is -0.691. The largest absolute Gasteiger partial charge is 0.508 e. The van der Waals surface area contributed by atoms with Crippen LogP contribution >= 0.6 is 15.9 Å². The van der Waals surface area contributed by atoms with Gasteiger partial charge in [0.2, 0.25) is 0 Å². The molecular formula is C14H11BrFNO2. The first kappa shape index (κ1) is 13.5. The van der Waals surface area contributed by atoms with Crippen LogP contribution in [0.5, 0.6) is 5.75 Å². The first-order valence-electron chi connectivity index (χ1n) is 5.53. The molecule has 0 fully saturated rings. The van der Waals surface area contributed by atoms with Crippen molar-refractivity contribution < 1.29 is 14.3 Å². The second kappa shape index (κ2) is 5.40. The molecule has 0 aliphatic rings. The summed E-state index contributed by atoms with van der Waals surface area (Å²) >= 11 is 3.04. The first-order valence-corrected chi connectivity index (χ1v) is 6.32. The van der Waals surface area contributed by atoms with E-state index in [1.807, 2.05) is 0 Å². The number of halogens is 2. The maximum atomic E-state index is 13.3. The maximum Gasteiger partial charge on any atom is 0.255 e. The standard InChI is InChI=1S/C14H11BrFNO2/c1-8-6-10(18)3-4-11(8)14(19)17-9-2-5-12(15)13(16)7-9/h2-7,18H,1H3,(H,17,19). The van der Waals surface area contributed by atoms with Gasteiger partial charge in [-0.1, -0.05) is 0 Å². The molecule has 2 N–H and O–H groups in total. The molecule has 3 nitrogen and oxygen atoms in total. The van der Waals surface area contributed by atoms with E-state index in [0.29, 0.717) is 21.3 Å². The normalized spacial score (nSPS) is 10.3. The van der Waals surface area contributed by atoms with Crippen molar-refractivity contribution in [2.24, 2.45) is 0 Å². The highest BCUT2D eigenvalue weighted by Gasteiger charge is 2.10. The van der Waals surface area contributed by atoms with E-state index >= 15 is 0 Å². The molecule has 0 aliphatic heterocycles. The lowest BCUT2D eigenvalue weighted by Crippen LogP contribution is -2.13. The van der Waals surface area contributed by atoms with Gasteiger partial charge in [0.05, 0.1) is 4.47 Å². The molecule has 2 aromatic carbocycles. The molecule has 0 radical (unpaired) electrons. The number of anilines is 1. The summed E-state index contributed by atoms with van der Waals surface area (Å²) in [6.07, 6.45) is 0. The van der Waals surface area contributed by atoms with Crippen molar-refractivity contribution in [1.29, 1.82) is 0 Å². The number of rotatable bonds is 2. The molecule has 5 heteroatoms. The fraction of sp³-hybridized carbons (Fsp3) is 0.0714. The molecule has 0 unspecified atom stereocenters. The molecule has 0 atom stereocenters. The van der Waals surface area contributed by atoms with Gasteiger partial charge in [-0.3, -0.25) is 4.79 Å². The number of aryl methyl sites for hydroxylation is 1. The highest BCUT2D eigenvalue weighted by molar-refractivity contribution is 9.10. The van der Waals surface area contributed by atoms with Crippen molar-refractivity contribution in [3.63, 3.8) is 0 Å². The zero-order chi connectivity index (χ0) is 14.0. The first-order chi connectivity index (χ1) is 8.97. The molecule has 2 aromatic rings. The van der Waals surface area contributed by atoms with E-state index in [1.165, 1.54) is 30.3 Å². The summed E-state index contributed by atoms with van der Waals surface area (Å²) in [5, 5.41) is 11.9. The summed E-state index contributed by atoms with van der Waals surface area (Å²) < 4.78 is 13.7. The minimum atomic E-state index is -0.444. The van der Waals surface area contributed by atoms with Crippen molar-refractivity contribution >= 4 is 27.5 Å². The van der Waals surface area contributed by atoms with Gasteiger partial charge in [0.1, 0.15) is 11.6 Å². The Morgan fingerprint density at radius 2 is 2.00 bits per heavy atom. The lowest BCUT2D eigenvalue weighted by Gasteiger charge is -2.08. The zero-order valence-corrected chi connectivity index (χ0v) is 11.7. The Balaban J connectivity index is 2.23. The second-order valence-electron chi connectivity index (χ2n) is 4.08. The average molecular weight is 324 g/mol. The van der Waals surface area contributed by atoms with Crippen molar-refractivity contribution in [2.45, 2.75) is 6.92 Å². The van der Waals surface area contributed by atoms with Gasteiger partial charge in [-0.25, -0.2) is 4.39 Å².